The van der Waals surface area contributed by atoms with Crippen LogP contribution in [-0.2, 0) is 18.6 Å². The number of hydrogen-bond donors (Lipinski definition) is 0. The second-order valence-corrected chi connectivity index (χ2v) is 5.40. The molecular weight excluding hydrogens is 357 g/mol. The summed E-state index contributed by atoms with van der Waals surface area (Å²) in [6, 6.07) is 30.0. The minimum absolute atomic E-state index is 0. The first-order valence-corrected chi connectivity index (χ1v) is 7.82. The van der Waals surface area contributed by atoms with E-state index in [1.54, 1.807) is 0 Å². The van der Waals surface area contributed by atoms with Gasteiger partial charge in [-0.05, 0) is 0 Å². The molecule has 4 heteroatoms. The predicted octanol–water partition coefficient (Wildman–Crippen LogP) is 5.51. The van der Waals surface area contributed by atoms with Crippen LogP contribution in [-0.4, -0.2) is 15.0 Å². The maximum absolute atomic E-state index is 4.68. The molecule has 3 nitrogen and oxygen atoms in total. The maximum atomic E-state index is 4.68. The van der Waals surface area contributed by atoms with Gasteiger partial charge in [0.25, 0.3) is 0 Å². The van der Waals surface area contributed by atoms with E-state index in [9.17, 15) is 0 Å². The van der Waals surface area contributed by atoms with E-state index < -0.39 is 0 Å². The molecular formula is C22H19N3V. The first kappa shape index (κ1) is 19.6. The van der Waals surface area contributed by atoms with Crippen molar-refractivity contribution in [1.29, 1.82) is 0 Å². The summed E-state index contributed by atoms with van der Waals surface area (Å²) in [5.41, 5.74) is 2.94. The van der Waals surface area contributed by atoms with Crippen LogP contribution in [0.3, 0.4) is 0 Å². The monoisotopic (exact) mass is 376 g/mol. The topological polar surface area (TPSA) is 38.7 Å². The van der Waals surface area contributed by atoms with Crippen molar-refractivity contribution in [3.63, 3.8) is 0 Å². The summed E-state index contributed by atoms with van der Waals surface area (Å²) in [6.07, 6.45) is 0. The molecule has 0 amide bonds. The van der Waals surface area contributed by atoms with Gasteiger partial charge in [-0.15, -0.1) is 0 Å². The van der Waals surface area contributed by atoms with E-state index in [0.29, 0.717) is 17.5 Å². The minimum Gasteiger partial charge on any atom is -0.208 e. The van der Waals surface area contributed by atoms with Crippen LogP contribution in [0.4, 0.5) is 0 Å². The van der Waals surface area contributed by atoms with Crippen LogP contribution in [0.5, 0.6) is 0 Å². The van der Waals surface area contributed by atoms with Crippen molar-refractivity contribution in [2.45, 2.75) is 7.43 Å². The molecule has 0 saturated heterocycles. The predicted molar refractivity (Wildman–Crippen MR) is 103 cm³/mol. The Morgan fingerprint density at radius 2 is 0.615 bits per heavy atom. The Morgan fingerprint density at radius 3 is 0.846 bits per heavy atom. The first-order valence-electron chi connectivity index (χ1n) is 7.82. The summed E-state index contributed by atoms with van der Waals surface area (Å²) in [6.45, 7) is 0. The zero-order chi connectivity index (χ0) is 16.2. The third-order valence-corrected chi connectivity index (χ3v) is 3.73. The van der Waals surface area contributed by atoms with Crippen LogP contribution in [0.2, 0.25) is 0 Å². The fourth-order valence-corrected chi connectivity index (χ4v) is 2.52. The smallest absolute Gasteiger partial charge is 0.164 e. The van der Waals surface area contributed by atoms with E-state index in [1.807, 2.05) is 91.0 Å². The van der Waals surface area contributed by atoms with Crippen molar-refractivity contribution in [3.05, 3.63) is 91.0 Å². The van der Waals surface area contributed by atoms with E-state index in [1.165, 1.54) is 0 Å². The quantitative estimate of drug-likeness (QED) is 0.473. The van der Waals surface area contributed by atoms with Crippen molar-refractivity contribution >= 4 is 0 Å². The van der Waals surface area contributed by atoms with Crippen molar-refractivity contribution < 1.29 is 18.6 Å². The fourth-order valence-electron chi connectivity index (χ4n) is 2.52. The molecule has 127 valence electrons. The molecule has 0 unspecified atom stereocenters. The van der Waals surface area contributed by atoms with Gasteiger partial charge < -0.3 is 0 Å². The Bertz CT molecular complexity index is 803. The standard InChI is InChI=1S/C21H15N3.CH4.V/c1-4-10-16(11-5-1)19-22-20(17-12-6-2-7-13-17)24-21(23-19)18-14-8-3-9-15-18;;/h1-15H;1H4;. The maximum Gasteiger partial charge on any atom is 0.164 e. The van der Waals surface area contributed by atoms with Crippen molar-refractivity contribution in [3.8, 4) is 34.2 Å². The molecule has 26 heavy (non-hydrogen) atoms. The largest absolute Gasteiger partial charge is 0.208 e. The molecule has 0 bridgehead atoms. The molecule has 0 fully saturated rings. The van der Waals surface area contributed by atoms with Gasteiger partial charge >= 0.3 is 0 Å². The third kappa shape index (κ3) is 4.26. The summed E-state index contributed by atoms with van der Waals surface area (Å²) in [7, 11) is 0. The SMILES string of the molecule is C.[V].c1ccc(-c2nc(-c3ccccc3)nc(-c3ccccc3)n2)cc1. The molecule has 0 N–H and O–H groups in total. The van der Waals surface area contributed by atoms with Gasteiger partial charge in [-0.3, -0.25) is 0 Å². The summed E-state index contributed by atoms with van der Waals surface area (Å²) < 4.78 is 0. The van der Waals surface area contributed by atoms with Gasteiger partial charge in [0.15, 0.2) is 17.5 Å². The zero-order valence-electron chi connectivity index (χ0n) is 13.4. The Kier molecular flexibility index (Phi) is 6.85. The summed E-state index contributed by atoms with van der Waals surface area (Å²) in [5.74, 6) is 2.05. The normalized spacial score (nSPS) is 9.69. The second kappa shape index (κ2) is 9.09. The van der Waals surface area contributed by atoms with Gasteiger partial charge in [-0.1, -0.05) is 98.4 Å². The van der Waals surface area contributed by atoms with Gasteiger partial charge in [0, 0.05) is 35.2 Å². The van der Waals surface area contributed by atoms with Gasteiger partial charge in [0.2, 0.25) is 0 Å². The molecule has 0 aliphatic carbocycles. The molecule has 1 radical (unpaired) electrons. The Balaban J connectivity index is 0.00000121. The van der Waals surface area contributed by atoms with Crippen LogP contribution >= 0.6 is 0 Å². The molecule has 0 atom stereocenters. The zero-order valence-corrected chi connectivity index (χ0v) is 14.8. The van der Waals surface area contributed by atoms with Crippen molar-refractivity contribution in [1.82, 2.24) is 15.0 Å². The fraction of sp³-hybridized carbons (Fsp3) is 0.0455. The van der Waals surface area contributed by atoms with Crippen LogP contribution in [0.25, 0.3) is 34.2 Å². The van der Waals surface area contributed by atoms with Gasteiger partial charge in [0.1, 0.15) is 0 Å². The molecule has 1 heterocycles. The number of aromatic nitrogens is 3. The molecule has 0 aliphatic rings. The molecule has 3 aromatic carbocycles. The average molecular weight is 376 g/mol. The molecule has 4 rings (SSSR count). The van der Waals surface area contributed by atoms with Crippen LogP contribution < -0.4 is 0 Å². The second-order valence-electron chi connectivity index (χ2n) is 5.40. The van der Waals surface area contributed by atoms with Gasteiger partial charge in [-0.25, -0.2) is 15.0 Å². The van der Waals surface area contributed by atoms with Crippen molar-refractivity contribution in [2.75, 3.05) is 0 Å². The van der Waals surface area contributed by atoms with E-state index in [0.717, 1.165) is 16.7 Å². The summed E-state index contributed by atoms with van der Waals surface area (Å²) in [4.78, 5) is 14.0. The first-order chi connectivity index (χ1) is 11.9. The van der Waals surface area contributed by atoms with Crippen LogP contribution in [0.15, 0.2) is 91.0 Å². The van der Waals surface area contributed by atoms with Gasteiger partial charge in [0.05, 0.1) is 0 Å². The Hall–Kier alpha value is -2.75. The molecule has 4 aromatic rings. The number of hydrogen-bond acceptors (Lipinski definition) is 3. The van der Waals surface area contributed by atoms with Crippen molar-refractivity contribution in [2.24, 2.45) is 0 Å². The average Bonchev–Trinajstić information content (AvgIpc) is 2.70. The number of rotatable bonds is 3. The molecule has 0 aliphatic heterocycles. The Labute approximate surface area is 166 Å². The summed E-state index contributed by atoms with van der Waals surface area (Å²) >= 11 is 0. The number of nitrogens with zero attached hydrogens (tertiary/aromatic N) is 3. The van der Waals surface area contributed by atoms with E-state index in [4.69, 9.17) is 0 Å². The van der Waals surface area contributed by atoms with Gasteiger partial charge in [-0.2, -0.15) is 0 Å². The van der Waals surface area contributed by atoms with E-state index >= 15 is 0 Å². The Morgan fingerprint density at radius 1 is 0.385 bits per heavy atom. The van der Waals surface area contributed by atoms with Crippen LogP contribution in [0.1, 0.15) is 7.43 Å². The number of benzene rings is 3. The molecule has 1 aromatic heterocycles. The van der Waals surface area contributed by atoms with Crippen LogP contribution in [0, 0.1) is 0 Å². The molecule has 0 saturated carbocycles. The molecule has 0 spiro atoms. The van der Waals surface area contributed by atoms with E-state index in [-0.39, 0.29) is 26.0 Å². The minimum atomic E-state index is 0. The third-order valence-electron chi connectivity index (χ3n) is 3.73. The van der Waals surface area contributed by atoms with E-state index in [2.05, 4.69) is 15.0 Å². The summed E-state index contributed by atoms with van der Waals surface area (Å²) in [5, 5.41) is 0.